The van der Waals surface area contributed by atoms with E-state index in [0.29, 0.717) is 41.5 Å². The number of aromatic nitrogens is 3. The van der Waals surface area contributed by atoms with Gasteiger partial charge in [0.2, 0.25) is 5.91 Å². The zero-order valence-corrected chi connectivity index (χ0v) is 13.6. The van der Waals surface area contributed by atoms with Gasteiger partial charge in [0.25, 0.3) is 0 Å². The monoisotopic (exact) mass is 352 g/mol. The maximum atomic E-state index is 11.4. The highest BCUT2D eigenvalue weighted by Crippen LogP contribution is 2.42. The highest BCUT2D eigenvalue weighted by Gasteiger charge is 2.35. The summed E-state index contributed by atoms with van der Waals surface area (Å²) in [6.07, 6.45) is 1.07. The van der Waals surface area contributed by atoms with Gasteiger partial charge < -0.3 is 15.0 Å². The Labute approximate surface area is 142 Å². The van der Waals surface area contributed by atoms with E-state index in [9.17, 15) is 9.90 Å². The fourth-order valence-corrected chi connectivity index (χ4v) is 3.91. The van der Waals surface area contributed by atoms with Gasteiger partial charge in [-0.05, 0) is 12.1 Å². The quantitative estimate of drug-likeness (QED) is 0.868. The molecule has 6 nitrogen and oxygen atoms in total. The van der Waals surface area contributed by atoms with Gasteiger partial charge in [0.05, 0.1) is 10.0 Å². The molecule has 1 fully saturated rings. The number of carbonyl (C=O) groups excluding carboxylic acids is 1. The molecule has 0 bridgehead atoms. The summed E-state index contributed by atoms with van der Waals surface area (Å²) in [5, 5.41) is 22.3. The molecule has 3 heterocycles. The number of nitrogens with zero attached hydrogens (tertiary/aromatic N) is 3. The third-order valence-electron chi connectivity index (χ3n) is 4.55. The number of phenols is 1. The molecule has 1 unspecified atom stereocenters. The van der Waals surface area contributed by atoms with E-state index >= 15 is 0 Å². The van der Waals surface area contributed by atoms with Crippen molar-refractivity contribution in [2.45, 2.75) is 31.2 Å². The van der Waals surface area contributed by atoms with E-state index in [1.54, 1.807) is 12.1 Å². The minimum Gasteiger partial charge on any atom is -0.508 e. The van der Waals surface area contributed by atoms with Crippen LogP contribution in [-0.4, -0.2) is 32.3 Å². The first kappa shape index (κ1) is 14.8. The largest absolute Gasteiger partial charge is 0.508 e. The van der Waals surface area contributed by atoms with Gasteiger partial charge in [-0.1, -0.05) is 23.2 Å². The summed E-state index contributed by atoms with van der Waals surface area (Å²) in [5.41, 5.74) is 0.649. The summed E-state index contributed by atoms with van der Waals surface area (Å²) < 4.78 is 2.03. The van der Waals surface area contributed by atoms with Crippen molar-refractivity contribution in [1.82, 2.24) is 20.1 Å². The first-order valence-electron chi connectivity index (χ1n) is 7.40. The standard InChI is InChI=1S/C15H14Cl2N4O2/c16-9-1-2-10(22)13(14(9)17)8-3-11-19-20-15(21(11)6-8)7-4-12(23)18-5-7/h1-2,7-8,22H,3-6H2,(H,18,23)/t7?,8-/m1/s1. The van der Waals surface area contributed by atoms with Crippen molar-refractivity contribution in [3.8, 4) is 5.75 Å². The Morgan fingerprint density at radius 3 is 2.78 bits per heavy atom. The van der Waals surface area contributed by atoms with Gasteiger partial charge in [-0.2, -0.15) is 0 Å². The molecule has 1 saturated heterocycles. The zero-order chi connectivity index (χ0) is 16.1. The Kier molecular flexibility index (Phi) is 3.46. The van der Waals surface area contributed by atoms with Crippen molar-refractivity contribution in [2.24, 2.45) is 0 Å². The number of rotatable bonds is 2. The number of nitrogens with one attached hydrogen (secondary N) is 1. The molecule has 8 heteroatoms. The average molecular weight is 353 g/mol. The van der Waals surface area contributed by atoms with Gasteiger partial charge in [-0.25, -0.2) is 0 Å². The number of amides is 1. The SMILES string of the molecule is O=C1CC(c2nnc3n2C[C@H](c2c(O)ccc(Cl)c2Cl)C3)CN1. The number of carbonyl (C=O) groups is 1. The van der Waals surface area contributed by atoms with Crippen molar-refractivity contribution in [3.63, 3.8) is 0 Å². The van der Waals surface area contributed by atoms with E-state index in [0.717, 1.165) is 11.6 Å². The molecular weight excluding hydrogens is 339 g/mol. The summed E-state index contributed by atoms with van der Waals surface area (Å²) in [7, 11) is 0. The van der Waals surface area contributed by atoms with Crippen LogP contribution >= 0.6 is 23.2 Å². The highest BCUT2D eigenvalue weighted by atomic mass is 35.5. The number of fused-ring (bicyclic) bond motifs is 1. The number of hydrogen-bond acceptors (Lipinski definition) is 4. The lowest BCUT2D eigenvalue weighted by Crippen LogP contribution is -2.15. The number of phenolic OH excluding ortho intramolecular Hbond substituents is 1. The smallest absolute Gasteiger partial charge is 0.220 e. The Morgan fingerprint density at radius 2 is 2.04 bits per heavy atom. The summed E-state index contributed by atoms with van der Waals surface area (Å²) >= 11 is 12.4. The minimum absolute atomic E-state index is 0.00415. The van der Waals surface area contributed by atoms with Crippen LogP contribution in [0.2, 0.25) is 10.0 Å². The van der Waals surface area contributed by atoms with E-state index in [4.69, 9.17) is 23.2 Å². The lowest BCUT2D eigenvalue weighted by molar-refractivity contribution is -0.119. The summed E-state index contributed by atoms with van der Waals surface area (Å²) in [4.78, 5) is 11.4. The molecule has 1 amide bonds. The Balaban J connectivity index is 1.66. The van der Waals surface area contributed by atoms with Gasteiger partial charge in [-0.3, -0.25) is 4.79 Å². The molecular formula is C15H14Cl2N4O2. The van der Waals surface area contributed by atoms with E-state index in [1.807, 2.05) is 4.57 Å². The van der Waals surface area contributed by atoms with Crippen molar-refractivity contribution in [2.75, 3.05) is 6.54 Å². The summed E-state index contributed by atoms with van der Waals surface area (Å²) in [5.74, 6) is 1.89. The minimum atomic E-state index is -0.00415. The lowest BCUT2D eigenvalue weighted by Gasteiger charge is -2.15. The fourth-order valence-electron chi connectivity index (χ4n) is 3.43. The van der Waals surface area contributed by atoms with Gasteiger partial charge in [0.15, 0.2) is 0 Å². The molecule has 0 saturated carbocycles. The molecule has 2 N–H and O–H groups in total. The zero-order valence-electron chi connectivity index (χ0n) is 12.1. The molecule has 120 valence electrons. The van der Waals surface area contributed by atoms with E-state index in [-0.39, 0.29) is 23.5 Å². The van der Waals surface area contributed by atoms with Crippen molar-refractivity contribution < 1.29 is 9.90 Å². The molecule has 2 aromatic rings. The van der Waals surface area contributed by atoms with Crippen LogP contribution in [0.3, 0.4) is 0 Å². The second-order valence-corrected chi connectivity index (χ2v) is 6.77. The van der Waals surface area contributed by atoms with Gasteiger partial charge in [0.1, 0.15) is 17.4 Å². The predicted molar refractivity (Wildman–Crippen MR) is 85.0 cm³/mol. The normalized spacial score (nSPS) is 23.1. The van der Waals surface area contributed by atoms with Crippen LogP contribution in [0.5, 0.6) is 5.75 Å². The van der Waals surface area contributed by atoms with Crippen molar-refractivity contribution in [1.29, 1.82) is 0 Å². The maximum Gasteiger partial charge on any atom is 0.220 e. The molecule has 0 radical (unpaired) electrons. The summed E-state index contributed by atoms with van der Waals surface area (Å²) in [6.45, 7) is 1.21. The van der Waals surface area contributed by atoms with E-state index < -0.39 is 0 Å². The maximum absolute atomic E-state index is 11.4. The third-order valence-corrected chi connectivity index (χ3v) is 5.37. The number of aromatic hydroxyl groups is 1. The third kappa shape index (κ3) is 2.37. The molecule has 4 rings (SSSR count). The molecule has 0 aliphatic carbocycles. The van der Waals surface area contributed by atoms with E-state index in [1.165, 1.54) is 0 Å². The van der Waals surface area contributed by atoms with Crippen LogP contribution < -0.4 is 5.32 Å². The fraction of sp³-hybridized carbons (Fsp3) is 0.400. The van der Waals surface area contributed by atoms with E-state index in [2.05, 4.69) is 15.5 Å². The summed E-state index contributed by atoms with van der Waals surface area (Å²) in [6, 6.07) is 3.14. The van der Waals surface area contributed by atoms with Gasteiger partial charge in [-0.15, -0.1) is 10.2 Å². The number of benzene rings is 1. The Morgan fingerprint density at radius 1 is 1.22 bits per heavy atom. The van der Waals surface area contributed by atoms with Crippen molar-refractivity contribution >= 4 is 29.1 Å². The number of halogens is 2. The molecule has 23 heavy (non-hydrogen) atoms. The first-order chi connectivity index (χ1) is 11.0. The van der Waals surface area contributed by atoms with Crippen LogP contribution in [0.15, 0.2) is 12.1 Å². The number of hydrogen-bond donors (Lipinski definition) is 2. The predicted octanol–water partition coefficient (Wildman–Crippen LogP) is 2.23. The van der Waals surface area contributed by atoms with Crippen molar-refractivity contribution in [3.05, 3.63) is 39.4 Å². The lowest BCUT2D eigenvalue weighted by atomic mass is 9.96. The van der Waals surface area contributed by atoms with Crippen LogP contribution in [0.4, 0.5) is 0 Å². The van der Waals surface area contributed by atoms with Gasteiger partial charge in [0, 0.05) is 43.3 Å². The van der Waals surface area contributed by atoms with Crippen LogP contribution in [0, 0.1) is 0 Å². The van der Waals surface area contributed by atoms with Crippen LogP contribution in [0.1, 0.15) is 35.5 Å². The molecule has 1 aromatic heterocycles. The average Bonchev–Trinajstić information content (AvgIpc) is 3.19. The second kappa shape index (κ2) is 5.39. The molecule has 1 aromatic carbocycles. The highest BCUT2D eigenvalue weighted by molar-refractivity contribution is 6.42. The topological polar surface area (TPSA) is 80.0 Å². The second-order valence-electron chi connectivity index (χ2n) is 5.99. The Hall–Kier alpha value is -1.79. The molecule has 2 aliphatic heterocycles. The molecule has 2 aliphatic rings. The van der Waals surface area contributed by atoms with Crippen LogP contribution in [0.25, 0.3) is 0 Å². The van der Waals surface area contributed by atoms with Crippen LogP contribution in [-0.2, 0) is 17.8 Å². The van der Waals surface area contributed by atoms with Gasteiger partial charge >= 0.3 is 0 Å². The first-order valence-corrected chi connectivity index (χ1v) is 8.15. The molecule has 2 atom stereocenters. The molecule has 0 spiro atoms. The Bertz CT molecular complexity index is 805.